The molecule has 2 saturated heterocycles. The molecule has 42 heavy (non-hydrogen) atoms. The summed E-state index contributed by atoms with van der Waals surface area (Å²) < 4.78 is 6.34. The minimum Gasteiger partial charge on any atom is -0.489 e. The average Bonchev–Trinajstić information content (AvgIpc) is 2.96. The van der Waals surface area contributed by atoms with Crippen LogP contribution in [0.25, 0.3) is 0 Å². The maximum atomic E-state index is 13.3. The van der Waals surface area contributed by atoms with E-state index < -0.39 is 0 Å². The summed E-state index contributed by atoms with van der Waals surface area (Å²) >= 11 is 6.21. The molecule has 3 heterocycles. The lowest BCUT2D eigenvalue weighted by Gasteiger charge is -2.63. The summed E-state index contributed by atoms with van der Waals surface area (Å²) in [4.78, 5) is 27.2. The SMILES string of the molecule is C[C@H]1CN(c2ncc(C(=O)NC3C(C)(C)C(Oc4ccc(C#N)c(Cl)c4)C3(C)C)cn2)CC[C@H]1CN1CCC(O)CC1. The van der Waals surface area contributed by atoms with Gasteiger partial charge in [-0.05, 0) is 43.2 Å². The van der Waals surface area contributed by atoms with Gasteiger partial charge < -0.3 is 25.0 Å². The van der Waals surface area contributed by atoms with Crippen LogP contribution in [0.1, 0.15) is 69.8 Å². The quantitative estimate of drug-likeness (QED) is 0.480. The summed E-state index contributed by atoms with van der Waals surface area (Å²) in [5.41, 5.74) is 0.135. The number of piperidine rings is 2. The molecule has 0 radical (unpaired) electrons. The topological polar surface area (TPSA) is 115 Å². The Bertz CT molecular complexity index is 1300. The monoisotopic (exact) mass is 594 g/mol. The first-order valence-electron chi connectivity index (χ1n) is 15.0. The zero-order valence-corrected chi connectivity index (χ0v) is 26.1. The maximum Gasteiger partial charge on any atom is 0.254 e. The summed E-state index contributed by atoms with van der Waals surface area (Å²) in [6, 6.07) is 7.01. The lowest BCUT2D eigenvalue weighted by molar-refractivity contribution is -0.164. The number of aliphatic hydroxyl groups excluding tert-OH is 1. The second kappa shape index (κ2) is 12.0. The molecule has 1 aromatic carbocycles. The Morgan fingerprint density at radius 1 is 1.14 bits per heavy atom. The number of nitriles is 1. The highest BCUT2D eigenvalue weighted by Gasteiger charge is 2.64. The number of hydrogen-bond donors (Lipinski definition) is 2. The Balaban J connectivity index is 1.16. The summed E-state index contributed by atoms with van der Waals surface area (Å²) in [7, 11) is 0. The van der Waals surface area contributed by atoms with Crippen molar-refractivity contribution < 1.29 is 14.6 Å². The molecule has 3 aliphatic rings. The van der Waals surface area contributed by atoms with Gasteiger partial charge in [0.15, 0.2) is 0 Å². The van der Waals surface area contributed by atoms with Crippen LogP contribution < -0.4 is 15.0 Å². The molecule has 2 aliphatic heterocycles. The zero-order valence-electron chi connectivity index (χ0n) is 25.3. The van der Waals surface area contributed by atoms with Crippen LogP contribution in [0, 0.1) is 34.0 Å². The fourth-order valence-corrected chi connectivity index (χ4v) is 7.71. The fourth-order valence-electron chi connectivity index (χ4n) is 7.49. The summed E-state index contributed by atoms with van der Waals surface area (Å²) in [5, 5.41) is 22.5. The summed E-state index contributed by atoms with van der Waals surface area (Å²) in [6.45, 7) is 15.5. The van der Waals surface area contributed by atoms with E-state index in [4.69, 9.17) is 21.6 Å². The molecule has 2 atom stereocenters. The van der Waals surface area contributed by atoms with Crippen LogP contribution in [0.3, 0.4) is 0 Å². The molecule has 1 aliphatic carbocycles. The number of halogens is 1. The smallest absolute Gasteiger partial charge is 0.254 e. The van der Waals surface area contributed by atoms with Gasteiger partial charge in [0, 0.05) is 68.1 Å². The second-order valence-corrected chi connectivity index (χ2v) is 14.0. The van der Waals surface area contributed by atoms with Crippen molar-refractivity contribution in [3.63, 3.8) is 0 Å². The van der Waals surface area contributed by atoms with Gasteiger partial charge in [-0.25, -0.2) is 9.97 Å². The highest BCUT2D eigenvalue weighted by atomic mass is 35.5. The van der Waals surface area contributed by atoms with Crippen molar-refractivity contribution in [3.8, 4) is 11.8 Å². The molecule has 1 amide bonds. The molecule has 2 aromatic rings. The minimum atomic E-state index is -0.352. The molecule has 1 saturated carbocycles. The Labute approximate surface area is 254 Å². The summed E-state index contributed by atoms with van der Waals surface area (Å²) in [6.07, 6.45) is 5.76. The van der Waals surface area contributed by atoms with Crippen molar-refractivity contribution in [2.24, 2.45) is 22.7 Å². The fraction of sp³-hybridized carbons (Fsp3) is 0.625. The van der Waals surface area contributed by atoms with Crippen LogP contribution in [-0.2, 0) is 0 Å². The van der Waals surface area contributed by atoms with Gasteiger partial charge in [0.1, 0.15) is 17.9 Å². The number of rotatable bonds is 7. The van der Waals surface area contributed by atoms with Gasteiger partial charge in [-0.1, -0.05) is 46.2 Å². The maximum absolute atomic E-state index is 13.3. The number of aromatic nitrogens is 2. The third-order valence-corrected chi connectivity index (χ3v) is 10.1. The molecular weight excluding hydrogens is 552 g/mol. The number of hydrogen-bond acceptors (Lipinski definition) is 8. The molecule has 3 fully saturated rings. The Hall–Kier alpha value is -2.93. The minimum absolute atomic E-state index is 0.138. The Morgan fingerprint density at radius 2 is 1.81 bits per heavy atom. The average molecular weight is 595 g/mol. The molecular formula is C32H43ClN6O3. The van der Waals surface area contributed by atoms with Crippen LogP contribution >= 0.6 is 11.6 Å². The molecule has 5 rings (SSSR count). The van der Waals surface area contributed by atoms with E-state index in [9.17, 15) is 9.90 Å². The van der Waals surface area contributed by atoms with Gasteiger partial charge in [0.25, 0.3) is 5.91 Å². The Morgan fingerprint density at radius 3 is 2.40 bits per heavy atom. The van der Waals surface area contributed by atoms with E-state index in [1.807, 2.05) is 0 Å². The van der Waals surface area contributed by atoms with E-state index in [1.165, 1.54) is 0 Å². The predicted octanol–water partition coefficient (Wildman–Crippen LogP) is 4.53. The van der Waals surface area contributed by atoms with Crippen molar-refractivity contribution in [2.45, 2.75) is 72.1 Å². The number of carbonyl (C=O) groups excluding carboxylic acids is 1. The number of benzene rings is 1. The van der Waals surface area contributed by atoms with E-state index in [0.717, 1.165) is 52.0 Å². The van der Waals surface area contributed by atoms with Crippen molar-refractivity contribution >= 4 is 23.5 Å². The lowest BCUT2D eigenvalue weighted by Crippen LogP contribution is -2.74. The number of nitrogens with one attached hydrogen (secondary N) is 1. The molecule has 10 heteroatoms. The van der Waals surface area contributed by atoms with Gasteiger partial charge in [-0.2, -0.15) is 5.26 Å². The molecule has 2 N–H and O–H groups in total. The highest BCUT2D eigenvalue weighted by molar-refractivity contribution is 6.31. The lowest BCUT2D eigenvalue weighted by atomic mass is 9.49. The third kappa shape index (κ3) is 6.08. The van der Waals surface area contributed by atoms with E-state index in [1.54, 1.807) is 30.6 Å². The largest absolute Gasteiger partial charge is 0.489 e. The van der Waals surface area contributed by atoms with Gasteiger partial charge in [-0.15, -0.1) is 0 Å². The first kappa shape index (κ1) is 30.5. The van der Waals surface area contributed by atoms with Crippen molar-refractivity contribution in [2.75, 3.05) is 37.6 Å². The van der Waals surface area contributed by atoms with Gasteiger partial charge >= 0.3 is 0 Å². The number of ether oxygens (including phenoxy) is 1. The Kier molecular flexibility index (Phi) is 8.71. The van der Waals surface area contributed by atoms with Crippen LogP contribution in [0.2, 0.25) is 5.02 Å². The van der Waals surface area contributed by atoms with Crippen LogP contribution in [0.15, 0.2) is 30.6 Å². The first-order valence-corrected chi connectivity index (χ1v) is 15.4. The van der Waals surface area contributed by atoms with Crippen molar-refractivity contribution in [1.82, 2.24) is 20.2 Å². The van der Waals surface area contributed by atoms with Crippen LogP contribution in [0.4, 0.5) is 5.95 Å². The number of amides is 1. The highest BCUT2D eigenvalue weighted by Crippen LogP contribution is 2.55. The number of nitrogens with zero attached hydrogens (tertiary/aromatic N) is 5. The third-order valence-electron chi connectivity index (χ3n) is 9.75. The number of likely N-dealkylation sites (tertiary alicyclic amines) is 1. The zero-order chi connectivity index (χ0) is 30.2. The second-order valence-electron chi connectivity index (χ2n) is 13.6. The van der Waals surface area contributed by atoms with Gasteiger partial charge in [-0.3, -0.25) is 4.79 Å². The van der Waals surface area contributed by atoms with E-state index in [-0.39, 0.29) is 35.0 Å². The van der Waals surface area contributed by atoms with Crippen molar-refractivity contribution in [3.05, 3.63) is 46.7 Å². The molecule has 9 nitrogen and oxygen atoms in total. The normalized spacial score (nSPS) is 27.5. The van der Waals surface area contributed by atoms with Crippen molar-refractivity contribution in [1.29, 1.82) is 5.26 Å². The van der Waals surface area contributed by atoms with Gasteiger partial charge in [0.05, 0.1) is 22.3 Å². The predicted molar refractivity (Wildman–Crippen MR) is 163 cm³/mol. The first-order chi connectivity index (χ1) is 19.9. The van der Waals surface area contributed by atoms with Crippen LogP contribution in [0.5, 0.6) is 5.75 Å². The van der Waals surface area contributed by atoms with Gasteiger partial charge in [0.2, 0.25) is 5.95 Å². The molecule has 1 aromatic heterocycles. The van der Waals surface area contributed by atoms with Crippen LogP contribution in [-0.4, -0.2) is 76.9 Å². The van der Waals surface area contributed by atoms with E-state index in [2.05, 4.69) is 65.8 Å². The van der Waals surface area contributed by atoms with E-state index >= 15 is 0 Å². The molecule has 0 bridgehead atoms. The molecule has 0 unspecified atom stereocenters. The van der Waals surface area contributed by atoms with E-state index in [0.29, 0.717) is 39.7 Å². The molecule has 0 spiro atoms. The number of aliphatic hydroxyl groups is 1. The molecule has 226 valence electrons. The number of anilines is 1. The number of carbonyl (C=O) groups is 1. The summed E-state index contributed by atoms with van der Waals surface area (Å²) in [5.74, 6) is 2.19. The standard InChI is InChI=1S/C32H43ClN6O3/c1-20-18-39(13-8-22(20)19-38-11-9-24(40)10-12-38)30-35-16-23(17-36-30)27(41)37-28-31(2,3)29(32(28,4)5)42-25-7-6-21(15-34)26(33)14-25/h6-7,14,16-17,20,22,24,28-29,40H,8-13,18-19H2,1-5H3,(H,37,41)/t20-,22-,28?,29?/m0/s1.